The van der Waals surface area contributed by atoms with Crippen molar-refractivity contribution in [2.75, 3.05) is 20.2 Å². The zero-order valence-corrected chi connectivity index (χ0v) is 28.7. The number of hydrogen-bond donors (Lipinski definition) is 3. The van der Waals surface area contributed by atoms with Crippen LogP contribution in [-0.2, 0) is 17.6 Å². The molecule has 3 atom stereocenters. The molecule has 4 amide bonds. The van der Waals surface area contributed by atoms with Crippen molar-refractivity contribution in [2.45, 2.75) is 71.5 Å². The molecule has 4 aromatic rings. The summed E-state index contributed by atoms with van der Waals surface area (Å²) in [5.74, 6) is -1.30. The summed E-state index contributed by atoms with van der Waals surface area (Å²) in [6.07, 6.45) is 4.15. The van der Waals surface area contributed by atoms with Crippen LogP contribution in [-0.4, -0.2) is 63.7 Å². The molecule has 4 heterocycles. The quantitative estimate of drug-likeness (QED) is 0.276. The third-order valence-corrected chi connectivity index (χ3v) is 8.81. The molecule has 0 saturated carbocycles. The summed E-state index contributed by atoms with van der Waals surface area (Å²) in [5, 5.41) is 8.75. The van der Waals surface area contributed by atoms with E-state index in [4.69, 9.17) is 13.6 Å². The fourth-order valence-electron chi connectivity index (χ4n) is 6.32. The van der Waals surface area contributed by atoms with Crippen LogP contribution in [0.3, 0.4) is 0 Å². The summed E-state index contributed by atoms with van der Waals surface area (Å²) in [4.78, 5) is 70.2. The first-order valence-electron chi connectivity index (χ1n) is 16.8. The molecule has 0 radical (unpaired) electrons. The molecule has 0 unspecified atom stereocenters. The number of amides is 4. The van der Waals surface area contributed by atoms with Gasteiger partial charge in [0.2, 0.25) is 23.6 Å². The number of oxazole rings is 2. The minimum atomic E-state index is -0.773. The van der Waals surface area contributed by atoms with Gasteiger partial charge in [0.05, 0.1) is 19.7 Å². The van der Waals surface area contributed by atoms with Crippen LogP contribution in [0.15, 0.2) is 51.5 Å². The normalized spacial score (nSPS) is 20.0. The zero-order valence-electron chi connectivity index (χ0n) is 28.7. The number of carbonyl (C=O) groups is 4. The first kappa shape index (κ1) is 34.3. The predicted molar refractivity (Wildman–Crippen MR) is 179 cm³/mol. The highest BCUT2D eigenvalue weighted by atomic mass is 16.5. The van der Waals surface area contributed by atoms with E-state index in [1.807, 2.05) is 44.2 Å². The van der Waals surface area contributed by atoms with Gasteiger partial charge in [0.15, 0.2) is 11.4 Å². The predicted octanol–water partition coefficient (Wildman–Crippen LogP) is 4.18. The highest BCUT2D eigenvalue weighted by Crippen LogP contribution is 2.29. The van der Waals surface area contributed by atoms with Gasteiger partial charge in [0, 0.05) is 12.2 Å². The fourth-order valence-corrected chi connectivity index (χ4v) is 6.32. The lowest BCUT2D eigenvalue weighted by Gasteiger charge is -2.29. The van der Waals surface area contributed by atoms with E-state index in [1.54, 1.807) is 19.9 Å². The van der Waals surface area contributed by atoms with E-state index in [0.717, 1.165) is 30.5 Å². The summed E-state index contributed by atoms with van der Waals surface area (Å²) in [6.45, 7) is 6.77. The molecule has 4 bridgehead atoms. The Morgan fingerprint density at radius 2 is 1.80 bits per heavy atom. The van der Waals surface area contributed by atoms with Gasteiger partial charge in [-0.1, -0.05) is 44.2 Å². The minimum Gasteiger partial charge on any atom is -0.480 e. The van der Waals surface area contributed by atoms with E-state index in [0.29, 0.717) is 12.0 Å². The maximum absolute atomic E-state index is 14.5. The molecule has 3 aromatic heterocycles. The van der Waals surface area contributed by atoms with Crippen LogP contribution in [0.1, 0.15) is 117 Å². The third kappa shape index (κ3) is 7.38. The standard InChI is InChI=1S/C36H41N7O7/c1-19(2)14-26-35-41-28(18-49-35)31(45)37-20(3)33-42-30(21(4)50-33)32(46)39-27(22-10-7-6-8-11-22)16-43(17-29(44)38-26)36(47)24-15-23-12-9-13-25(23)40-34(24)48-5/h6-8,10-11,15,18-20,26-27H,9,12-14,16-17H2,1-5H3,(H,37,45)(H,38,44)(H,39,46)/t20-,26+,27+/m0/s1. The third-order valence-electron chi connectivity index (χ3n) is 8.81. The van der Waals surface area contributed by atoms with Crippen molar-refractivity contribution in [1.29, 1.82) is 0 Å². The van der Waals surface area contributed by atoms with Crippen molar-refractivity contribution in [1.82, 2.24) is 35.8 Å². The van der Waals surface area contributed by atoms with E-state index in [-0.39, 0.29) is 59.4 Å². The van der Waals surface area contributed by atoms with Crippen molar-refractivity contribution in [3.8, 4) is 5.88 Å². The van der Waals surface area contributed by atoms with Gasteiger partial charge < -0.3 is 34.4 Å². The van der Waals surface area contributed by atoms with Gasteiger partial charge in [-0.2, -0.15) is 0 Å². The van der Waals surface area contributed by atoms with E-state index in [2.05, 4.69) is 30.9 Å². The summed E-state index contributed by atoms with van der Waals surface area (Å²) in [7, 11) is 1.45. The van der Waals surface area contributed by atoms with Crippen LogP contribution in [0.5, 0.6) is 5.88 Å². The smallest absolute Gasteiger partial charge is 0.274 e. The molecule has 0 saturated heterocycles. The van der Waals surface area contributed by atoms with Crippen molar-refractivity contribution in [3.63, 3.8) is 0 Å². The molecule has 1 aliphatic carbocycles. The molecule has 14 nitrogen and oxygen atoms in total. The number of nitrogens with one attached hydrogen (secondary N) is 3. The summed E-state index contributed by atoms with van der Waals surface area (Å²) >= 11 is 0. The average molecular weight is 684 g/mol. The lowest BCUT2D eigenvalue weighted by Crippen LogP contribution is -2.46. The molecular formula is C36H41N7O7. The number of benzene rings is 1. The SMILES string of the molecule is COc1nc2c(cc1C(=O)N1CC(=O)N[C@H](CC(C)C)c3nc(co3)C(=O)N[C@@H](C)c3nc(c(C)o3)C(=O)N[C@@H](c3ccccc3)C1)CCC2. The average Bonchev–Trinajstić information content (AvgIpc) is 3.86. The van der Waals surface area contributed by atoms with E-state index >= 15 is 0 Å². The Morgan fingerprint density at radius 1 is 1.02 bits per heavy atom. The molecule has 50 heavy (non-hydrogen) atoms. The first-order chi connectivity index (χ1) is 24.0. The monoisotopic (exact) mass is 683 g/mol. The first-order valence-corrected chi connectivity index (χ1v) is 16.8. The van der Waals surface area contributed by atoms with Crippen LogP contribution >= 0.6 is 0 Å². The van der Waals surface area contributed by atoms with Crippen LogP contribution in [0.25, 0.3) is 0 Å². The number of aromatic nitrogens is 3. The summed E-state index contributed by atoms with van der Waals surface area (Å²) < 4.78 is 17.1. The molecule has 2 aliphatic rings. The van der Waals surface area contributed by atoms with Gasteiger partial charge in [-0.3, -0.25) is 19.2 Å². The molecule has 6 rings (SSSR count). The second kappa shape index (κ2) is 14.5. The molecule has 262 valence electrons. The number of rotatable bonds is 5. The van der Waals surface area contributed by atoms with E-state index in [9.17, 15) is 19.2 Å². The second-order valence-electron chi connectivity index (χ2n) is 13.1. The topological polar surface area (TPSA) is 182 Å². The molecule has 0 spiro atoms. The second-order valence-corrected chi connectivity index (χ2v) is 13.1. The molecule has 0 fully saturated rings. The van der Waals surface area contributed by atoms with Gasteiger partial charge in [-0.25, -0.2) is 15.0 Å². The van der Waals surface area contributed by atoms with E-state index in [1.165, 1.54) is 18.3 Å². The van der Waals surface area contributed by atoms with Gasteiger partial charge in [-0.15, -0.1) is 0 Å². The number of pyridine rings is 1. The Morgan fingerprint density at radius 3 is 2.54 bits per heavy atom. The highest BCUT2D eigenvalue weighted by molar-refractivity contribution is 5.99. The Bertz CT molecular complexity index is 1900. The summed E-state index contributed by atoms with van der Waals surface area (Å²) in [5.41, 5.74) is 2.77. The lowest BCUT2D eigenvalue weighted by molar-refractivity contribution is -0.122. The van der Waals surface area contributed by atoms with Crippen molar-refractivity contribution < 1.29 is 32.7 Å². The van der Waals surface area contributed by atoms with Crippen LogP contribution in [0.4, 0.5) is 0 Å². The Balaban J connectivity index is 1.44. The van der Waals surface area contributed by atoms with Gasteiger partial charge >= 0.3 is 0 Å². The van der Waals surface area contributed by atoms with E-state index < -0.39 is 41.8 Å². The maximum Gasteiger partial charge on any atom is 0.274 e. The summed E-state index contributed by atoms with van der Waals surface area (Å²) in [6, 6.07) is 8.74. The number of ether oxygens (including phenoxy) is 1. The molecular weight excluding hydrogens is 642 g/mol. The Labute approximate surface area is 289 Å². The Kier molecular flexibility index (Phi) is 9.98. The van der Waals surface area contributed by atoms with Crippen molar-refractivity contribution in [2.24, 2.45) is 5.92 Å². The van der Waals surface area contributed by atoms with Gasteiger partial charge in [0.25, 0.3) is 17.7 Å². The number of hydrogen-bond acceptors (Lipinski definition) is 10. The van der Waals surface area contributed by atoms with Gasteiger partial charge in [-0.05, 0) is 62.6 Å². The van der Waals surface area contributed by atoms with Crippen molar-refractivity contribution >= 4 is 23.6 Å². The molecule has 1 aromatic carbocycles. The lowest BCUT2D eigenvalue weighted by atomic mass is 10.0. The number of nitrogens with zero attached hydrogens (tertiary/aromatic N) is 4. The minimum absolute atomic E-state index is 0.00377. The number of fused-ring (bicyclic) bond motifs is 5. The van der Waals surface area contributed by atoms with Crippen LogP contribution in [0.2, 0.25) is 0 Å². The Hall–Kier alpha value is -5.53. The zero-order chi connectivity index (χ0) is 35.5. The molecule has 14 heteroatoms. The van der Waals surface area contributed by atoms with Gasteiger partial charge in [0.1, 0.15) is 29.7 Å². The maximum atomic E-state index is 14.5. The highest BCUT2D eigenvalue weighted by Gasteiger charge is 2.32. The van der Waals surface area contributed by atoms with Crippen LogP contribution in [0, 0.1) is 12.8 Å². The van der Waals surface area contributed by atoms with Crippen molar-refractivity contribution in [3.05, 3.63) is 94.0 Å². The van der Waals surface area contributed by atoms with Crippen LogP contribution < -0.4 is 20.7 Å². The fraction of sp³-hybridized carbons (Fsp3) is 0.417. The largest absolute Gasteiger partial charge is 0.480 e. The number of methoxy groups -OCH3 is 1. The number of carbonyl (C=O) groups excluding carboxylic acids is 4. The number of aryl methyl sites for hydroxylation is 3. The molecule has 1 aliphatic heterocycles. The molecule has 3 N–H and O–H groups in total.